The van der Waals surface area contributed by atoms with Gasteiger partial charge in [-0.05, 0) is 32.5 Å². The minimum atomic E-state index is -0.192. The minimum Gasteiger partial charge on any atom is -0.445 e. The van der Waals surface area contributed by atoms with Crippen LogP contribution < -0.4 is 4.74 Å². The number of ether oxygens (including phenoxy) is 1. The van der Waals surface area contributed by atoms with E-state index in [4.69, 9.17) is 4.74 Å². The molecule has 2 aromatic heterocycles. The summed E-state index contributed by atoms with van der Waals surface area (Å²) in [6.45, 7) is 15.1. The van der Waals surface area contributed by atoms with Gasteiger partial charge in [-0.3, -0.25) is 28.2 Å². The molecule has 1 saturated heterocycles. The number of benzene rings is 1. The number of nitrogens with zero attached hydrogens (tertiary/aromatic N) is 7. The number of aryl methyl sites for hydroxylation is 1. The Morgan fingerprint density at radius 1 is 1.26 bits per heavy atom. The first kappa shape index (κ1) is 31.2. The monoisotopic (exact) mass is 608 g/mol. The molecule has 9 nitrogen and oxygen atoms in total. The summed E-state index contributed by atoms with van der Waals surface area (Å²) >= 11 is 0. The first-order chi connectivity index (χ1) is 19.9. The summed E-state index contributed by atoms with van der Waals surface area (Å²) in [7, 11) is 2.11. The third-order valence-corrected chi connectivity index (χ3v) is 7.98. The molecule has 0 radical (unpaired) electrons. The number of carbonyl (C=O) groups excluding carboxylic acids is 1. The third-order valence-electron chi connectivity index (χ3n) is 7.98. The molecule has 2 atom stereocenters. The van der Waals surface area contributed by atoms with Gasteiger partial charge in [0.1, 0.15) is 18.5 Å². The van der Waals surface area contributed by atoms with Gasteiger partial charge in [-0.1, -0.05) is 30.5 Å². The Labute approximate surface area is 259 Å². The normalized spacial score (nSPS) is 19.5. The molecule has 1 amide bonds. The van der Waals surface area contributed by atoms with Crippen molar-refractivity contribution in [3.8, 4) is 6.01 Å². The van der Waals surface area contributed by atoms with Crippen LogP contribution in [0, 0.1) is 20.3 Å². The zero-order valence-corrected chi connectivity index (χ0v) is 25.4. The number of aromatic nitrogens is 4. The van der Waals surface area contributed by atoms with E-state index in [1.165, 1.54) is 36.5 Å². The van der Waals surface area contributed by atoms with Crippen LogP contribution in [-0.2, 0) is 34.8 Å². The second kappa shape index (κ2) is 14.4. The van der Waals surface area contributed by atoms with Crippen LogP contribution in [-0.4, -0.2) is 91.4 Å². The number of carbonyl (C=O) groups is 1. The second-order valence-electron chi connectivity index (χ2n) is 10.7. The van der Waals surface area contributed by atoms with Gasteiger partial charge in [0.15, 0.2) is 0 Å². The molecule has 6 rings (SSSR count). The molecule has 1 aromatic carbocycles. The fourth-order valence-electron chi connectivity index (χ4n) is 5.57. The van der Waals surface area contributed by atoms with Crippen LogP contribution in [0.2, 0.25) is 0 Å². The Hall–Kier alpha value is -3.72. The molecule has 3 aromatic rings. The number of hydrogen-bond acceptors (Lipinski definition) is 6. The summed E-state index contributed by atoms with van der Waals surface area (Å²) in [5.74, 6) is 0.548. The van der Waals surface area contributed by atoms with E-state index >= 15 is 0 Å². The number of fused-ring (bicyclic) bond motifs is 1. The standard InChI is InChI=1S/C23H30N7O2.C9H9.Mn/c1-5-21(31)30-12-11-29(14-20(30)13-28-10-8-24-16-28)22-17(2)18(3)25-23(26-22)32-15-19-7-6-9-27(19)4;1-2-5-9-7-3-6-8(9)4-1;/h5,8,10,14,16,19-20H,1-3,6-7,9,11-13,15H2,4H3;1-2,4-6H,3,7H2;/q2*-1;+3/t19-,20-;;/m0../s1. The molecule has 2 aliphatic heterocycles. The van der Waals surface area contributed by atoms with E-state index in [-0.39, 0.29) is 29.0 Å². The maximum Gasteiger partial charge on any atom is 3.00 e. The van der Waals surface area contributed by atoms with Crippen molar-refractivity contribution < 1.29 is 31.2 Å². The van der Waals surface area contributed by atoms with Crippen LogP contribution in [0.1, 0.15) is 41.6 Å². The fourth-order valence-corrected chi connectivity index (χ4v) is 5.57. The van der Waals surface area contributed by atoms with Crippen molar-refractivity contribution in [1.29, 1.82) is 0 Å². The number of imidazole rings is 1. The van der Waals surface area contributed by atoms with Crippen LogP contribution in [0.4, 0.5) is 5.82 Å². The third kappa shape index (κ3) is 7.37. The van der Waals surface area contributed by atoms with Gasteiger partial charge in [0.2, 0.25) is 5.91 Å². The Morgan fingerprint density at radius 2 is 2.10 bits per heavy atom. The molecular weight excluding hydrogens is 569 g/mol. The SMILES string of the molecule is C=CC(=O)N1CC[N+](c2nc(OC[C@@H]3CCCN3C)nc([CH2-])c2[CH2-])=C[C@@H]1Cn1ccnc1.[Mn+3].c1ccc2c(c1)[CH-]CC2. The van der Waals surface area contributed by atoms with Crippen molar-refractivity contribution in [3.63, 3.8) is 0 Å². The first-order valence-electron chi connectivity index (χ1n) is 14.2. The molecule has 1 aliphatic carbocycles. The summed E-state index contributed by atoms with van der Waals surface area (Å²) in [6, 6.07) is 9.08. The summed E-state index contributed by atoms with van der Waals surface area (Å²) in [5.41, 5.74) is 4.14. The minimum absolute atomic E-state index is 0. The topological polar surface area (TPSA) is 79.4 Å². The van der Waals surface area contributed by atoms with Crippen LogP contribution >= 0.6 is 0 Å². The quantitative estimate of drug-likeness (QED) is 0.177. The molecule has 220 valence electrons. The van der Waals surface area contributed by atoms with Crippen molar-refractivity contribution in [2.24, 2.45) is 0 Å². The zero-order valence-electron chi connectivity index (χ0n) is 24.2. The number of hydrogen-bond donors (Lipinski definition) is 0. The van der Waals surface area contributed by atoms with Gasteiger partial charge in [0, 0.05) is 18.4 Å². The first-order valence-corrected chi connectivity index (χ1v) is 14.2. The van der Waals surface area contributed by atoms with Crippen LogP contribution in [0.25, 0.3) is 0 Å². The molecule has 10 heteroatoms. The molecule has 3 aliphatic rings. The van der Waals surface area contributed by atoms with Crippen LogP contribution in [0.3, 0.4) is 0 Å². The Kier molecular flexibility index (Phi) is 10.7. The summed E-state index contributed by atoms with van der Waals surface area (Å²) in [6.07, 6.45) is 15.7. The number of likely N-dealkylation sites (tertiary alicyclic amines) is 1. The van der Waals surface area contributed by atoms with E-state index < -0.39 is 0 Å². The van der Waals surface area contributed by atoms with E-state index in [0.29, 0.717) is 55.4 Å². The van der Waals surface area contributed by atoms with E-state index in [1.807, 2.05) is 21.6 Å². The van der Waals surface area contributed by atoms with E-state index in [2.05, 4.69) is 78.0 Å². The zero-order chi connectivity index (χ0) is 28.8. The molecule has 0 bridgehead atoms. The number of amides is 1. The Morgan fingerprint density at radius 3 is 2.81 bits per heavy atom. The van der Waals surface area contributed by atoms with Gasteiger partial charge in [0.05, 0.1) is 32.2 Å². The van der Waals surface area contributed by atoms with Gasteiger partial charge in [-0.25, -0.2) is 10.5 Å². The Balaban J connectivity index is 0.000000342. The molecule has 0 N–H and O–H groups in total. The predicted molar refractivity (Wildman–Crippen MR) is 159 cm³/mol. The molecule has 42 heavy (non-hydrogen) atoms. The van der Waals surface area contributed by atoms with Gasteiger partial charge in [-0.15, -0.1) is 17.7 Å². The van der Waals surface area contributed by atoms with E-state index in [9.17, 15) is 4.79 Å². The van der Waals surface area contributed by atoms with Crippen molar-refractivity contribution in [2.45, 2.75) is 44.3 Å². The second-order valence-corrected chi connectivity index (χ2v) is 10.7. The average molecular weight is 609 g/mol. The summed E-state index contributed by atoms with van der Waals surface area (Å²) in [4.78, 5) is 29.7. The van der Waals surface area contributed by atoms with Gasteiger partial charge in [-0.2, -0.15) is 23.7 Å². The predicted octanol–water partition coefficient (Wildman–Crippen LogP) is 3.50. The van der Waals surface area contributed by atoms with E-state index in [1.54, 1.807) is 17.4 Å². The van der Waals surface area contributed by atoms with Crippen molar-refractivity contribution in [1.82, 2.24) is 29.3 Å². The summed E-state index contributed by atoms with van der Waals surface area (Å²) in [5, 5.41) is 0. The van der Waals surface area contributed by atoms with Crippen molar-refractivity contribution >= 4 is 17.9 Å². The molecule has 1 fully saturated rings. The van der Waals surface area contributed by atoms with Crippen LogP contribution in [0.5, 0.6) is 6.01 Å². The molecule has 0 unspecified atom stereocenters. The molecule has 0 saturated carbocycles. The Bertz CT molecular complexity index is 1370. The average Bonchev–Trinajstić information content (AvgIpc) is 3.76. The largest absolute Gasteiger partial charge is 3.00 e. The van der Waals surface area contributed by atoms with E-state index in [0.717, 1.165) is 13.0 Å². The maximum absolute atomic E-state index is 12.4. The fraction of sp³-hybridized carbons (Fsp3) is 0.375. The smallest absolute Gasteiger partial charge is 0.445 e. The number of rotatable bonds is 7. The van der Waals surface area contributed by atoms with Crippen molar-refractivity contribution in [3.05, 3.63) is 98.3 Å². The summed E-state index contributed by atoms with van der Waals surface area (Å²) < 4.78 is 9.91. The molecule has 4 heterocycles. The van der Waals surface area contributed by atoms with Gasteiger partial charge >= 0.3 is 23.1 Å². The molecular formula is C32H39MnN7O2+. The van der Waals surface area contributed by atoms with Crippen LogP contribution in [0.15, 0.2) is 55.6 Å². The van der Waals surface area contributed by atoms with Crippen molar-refractivity contribution in [2.75, 3.05) is 33.3 Å². The maximum atomic E-state index is 12.4. The van der Waals surface area contributed by atoms with Gasteiger partial charge in [0.25, 0.3) is 0 Å². The molecule has 0 spiro atoms. The van der Waals surface area contributed by atoms with Gasteiger partial charge < -0.3 is 19.1 Å². The number of likely N-dealkylation sites (N-methyl/N-ethyl adjacent to an activating group) is 1.